The van der Waals surface area contributed by atoms with Gasteiger partial charge in [0.15, 0.2) is 0 Å². The summed E-state index contributed by atoms with van der Waals surface area (Å²) >= 11 is 0. The van der Waals surface area contributed by atoms with Crippen LogP contribution in [0.25, 0.3) is 0 Å². The number of primary amides is 1. The monoisotopic (exact) mass is 264 g/mol. The second-order valence-corrected chi connectivity index (χ2v) is 4.65. The average molecular weight is 264 g/mol. The van der Waals surface area contributed by atoms with Crippen molar-refractivity contribution in [3.63, 3.8) is 0 Å². The Hall–Kier alpha value is -2.24. The summed E-state index contributed by atoms with van der Waals surface area (Å²) in [5, 5.41) is 18.8. The third-order valence-corrected chi connectivity index (χ3v) is 3.24. The van der Waals surface area contributed by atoms with Crippen LogP contribution in [0, 0.1) is 0 Å². The maximum Gasteiger partial charge on any atom is 0.254 e. The minimum absolute atomic E-state index is 0.144. The standard InChI is InChI=1S/C13H16N2O4/c14-12(18)11-3-1-2-4-15(11)13(19)8-5-9(16)7-10(17)6-8/h5-7,11,16-17H,1-4H2,(H2,14,18). The van der Waals surface area contributed by atoms with Gasteiger partial charge >= 0.3 is 0 Å². The fraction of sp³-hybridized carbons (Fsp3) is 0.385. The molecule has 102 valence electrons. The highest BCUT2D eigenvalue weighted by molar-refractivity contribution is 5.98. The second kappa shape index (κ2) is 5.17. The Morgan fingerprint density at radius 2 is 1.79 bits per heavy atom. The van der Waals surface area contributed by atoms with Crippen LogP contribution >= 0.6 is 0 Å². The minimum atomic E-state index is -0.620. The molecule has 1 atom stereocenters. The number of carbonyl (C=O) groups excluding carboxylic acids is 2. The molecule has 0 aliphatic carbocycles. The lowest BCUT2D eigenvalue weighted by atomic mass is 10.00. The molecule has 1 aliphatic rings. The Balaban J connectivity index is 2.28. The lowest BCUT2D eigenvalue weighted by Crippen LogP contribution is -2.50. The van der Waals surface area contributed by atoms with Crippen LogP contribution in [0.3, 0.4) is 0 Å². The van der Waals surface area contributed by atoms with E-state index in [-0.39, 0.29) is 17.1 Å². The number of hydrogen-bond acceptors (Lipinski definition) is 4. The largest absolute Gasteiger partial charge is 0.508 e. The third kappa shape index (κ3) is 2.78. The number of piperidine rings is 1. The molecule has 0 saturated carbocycles. The first kappa shape index (κ1) is 13.2. The topological polar surface area (TPSA) is 104 Å². The second-order valence-electron chi connectivity index (χ2n) is 4.65. The summed E-state index contributed by atoms with van der Waals surface area (Å²) in [6, 6.07) is 3.04. The van der Waals surface area contributed by atoms with Crippen LogP contribution in [0.15, 0.2) is 18.2 Å². The van der Waals surface area contributed by atoms with E-state index in [1.54, 1.807) is 0 Å². The zero-order valence-electron chi connectivity index (χ0n) is 10.4. The van der Waals surface area contributed by atoms with Crippen LogP contribution in [-0.4, -0.2) is 39.5 Å². The molecule has 19 heavy (non-hydrogen) atoms. The molecule has 0 aromatic heterocycles. The van der Waals surface area contributed by atoms with Crippen LogP contribution < -0.4 is 5.73 Å². The first-order valence-electron chi connectivity index (χ1n) is 6.12. The molecule has 1 unspecified atom stereocenters. The van der Waals surface area contributed by atoms with Crippen molar-refractivity contribution >= 4 is 11.8 Å². The first-order valence-corrected chi connectivity index (χ1v) is 6.12. The zero-order valence-corrected chi connectivity index (χ0v) is 10.4. The van der Waals surface area contributed by atoms with E-state index in [0.717, 1.165) is 18.9 Å². The molecule has 2 rings (SSSR count). The molecule has 1 fully saturated rings. The van der Waals surface area contributed by atoms with Crippen molar-refractivity contribution in [3.8, 4) is 11.5 Å². The molecule has 2 amide bonds. The fourth-order valence-corrected chi connectivity index (χ4v) is 2.35. The number of nitrogens with zero attached hydrogens (tertiary/aromatic N) is 1. The van der Waals surface area contributed by atoms with Crippen LogP contribution in [-0.2, 0) is 4.79 Å². The Morgan fingerprint density at radius 3 is 2.37 bits per heavy atom. The number of carbonyl (C=O) groups is 2. The van der Waals surface area contributed by atoms with Crippen LogP contribution in [0.4, 0.5) is 0 Å². The molecule has 1 aliphatic heterocycles. The highest BCUT2D eigenvalue weighted by atomic mass is 16.3. The minimum Gasteiger partial charge on any atom is -0.508 e. The summed E-state index contributed by atoms with van der Waals surface area (Å²) < 4.78 is 0. The van der Waals surface area contributed by atoms with E-state index in [2.05, 4.69) is 0 Å². The van der Waals surface area contributed by atoms with Crippen molar-refractivity contribution in [2.45, 2.75) is 25.3 Å². The number of benzene rings is 1. The van der Waals surface area contributed by atoms with E-state index in [9.17, 15) is 19.8 Å². The molecule has 6 heteroatoms. The quantitative estimate of drug-likeness (QED) is 0.726. The number of hydrogen-bond donors (Lipinski definition) is 3. The molecule has 0 spiro atoms. The van der Waals surface area contributed by atoms with Gasteiger partial charge in [-0.15, -0.1) is 0 Å². The van der Waals surface area contributed by atoms with Crippen LogP contribution in [0.2, 0.25) is 0 Å². The van der Waals surface area contributed by atoms with Gasteiger partial charge in [0, 0.05) is 18.2 Å². The molecule has 1 aromatic rings. The number of amides is 2. The van der Waals surface area contributed by atoms with Crippen LogP contribution in [0.1, 0.15) is 29.6 Å². The van der Waals surface area contributed by atoms with Gasteiger partial charge in [0.05, 0.1) is 0 Å². The number of rotatable bonds is 2. The van der Waals surface area contributed by atoms with E-state index >= 15 is 0 Å². The predicted molar refractivity (Wildman–Crippen MR) is 67.6 cm³/mol. The molecule has 0 radical (unpaired) electrons. The summed E-state index contributed by atoms with van der Waals surface area (Å²) in [4.78, 5) is 25.1. The van der Waals surface area contributed by atoms with Crippen molar-refractivity contribution in [2.24, 2.45) is 5.73 Å². The highest BCUT2D eigenvalue weighted by Gasteiger charge is 2.31. The van der Waals surface area contributed by atoms with Crippen molar-refractivity contribution in [2.75, 3.05) is 6.54 Å². The van der Waals surface area contributed by atoms with Gasteiger partial charge in [0.2, 0.25) is 5.91 Å². The first-order chi connectivity index (χ1) is 8.99. The number of aromatic hydroxyl groups is 2. The summed E-state index contributed by atoms with van der Waals surface area (Å²) in [5.74, 6) is -1.33. The van der Waals surface area contributed by atoms with E-state index in [0.29, 0.717) is 13.0 Å². The van der Waals surface area contributed by atoms with Crippen molar-refractivity contribution in [1.82, 2.24) is 4.90 Å². The van der Waals surface area contributed by atoms with Gasteiger partial charge in [-0.1, -0.05) is 0 Å². The zero-order chi connectivity index (χ0) is 14.0. The van der Waals surface area contributed by atoms with E-state index in [4.69, 9.17) is 5.73 Å². The van der Waals surface area contributed by atoms with Crippen molar-refractivity contribution in [3.05, 3.63) is 23.8 Å². The summed E-state index contributed by atoms with van der Waals surface area (Å²) in [5.41, 5.74) is 5.45. The SMILES string of the molecule is NC(=O)C1CCCCN1C(=O)c1cc(O)cc(O)c1. The molecule has 1 heterocycles. The lowest BCUT2D eigenvalue weighted by Gasteiger charge is -2.33. The molecular weight excluding hydrogens is 248 g/mol. The van der Waals surface area contributed by atoms with E-state index in [1.165, 1.54) is 17.0 Å². The fourth-order valence-electron chi connectivity index (χ4n) is 2.35. The summed E-state index contributed by atoms with van der Waals surface area (Å²) in [6.07, 6.45) is 2.20. The maximum absolute atomic E-state index is 12.3. The molecular formula is C13H16N2O4. The normalized spacial score (nSPS) is 19.2. The summed E-state index contributed by atoms with van der Waals surface area (Å²) in [6.45, 7) is 0.447. The van der Waals surface area contributed by atoms with Crippen LogP contribution in [0.5, 0.6) is 11.5 Å². The van der Waals surface area contributed by atoms with Crippen molar-refractivity contribution in [1.29, 1.82) is 0 Å². The Bertz CT molecular complexity index is 495. The van der Waals surface area contributed by atoms with Gasteiger partial charge in [0.1, 0.15) is 17.5 Å². The number of phenols is 2. The molecule has 1 saturated heterocycles. The number of nitrogens with two attached hydrogens (primary N) is 1. The predicted octanol–water partition coefficient (Wildman–Crippen LogP) is 0.578. The third-order valence-electron chi connectivity index (χ3n) is 3.24. The van der Waals surface area contributed by atoms with Gasteiger partial charge in [-0.2, -0.15) is 0 Å². The van der Waals surface area contributed by atoms with E-state index in [1.807, 2.05) is 0 Å². The Kier molecular flexibility index (Phi) is 3.59. The Morgan fingerprint density at radius 1 is 1.16 bits per heavy atom. The van der Waals surface area contributed by atoms with E-state index < -0.39 is 17.9 Å². The van der Waals surface area contributed by atoms with Gasteiger partial charge < -0.3 is 20.8 Å². The lowest BCUT2D eigenvalue weighted by molar-refractivity contribution is -0.123. The van der Waals surface area contributed by atoms with Gasteiger partial charge in [-0.05, 0) is 31.4 Å². The summed E-state index contributed by atoms with van der Waals surface area (Å²) in [7, 11) is 0. The Labute approximate surface area is 110 Å². The van der Waals surface area contributed by atoms with Gasteiger partial charge in [-0.25, -0.2) is 0 Å². The molecule has 0 bridgehead atoms. The molecule has 1 aromatic carbocycles. The molecule has 4 N–H and O–H groups in total. The van der Waals surface area contributed by atoms with Gasteiger partial charge in [-0.3, -0.25) is 9.59 Å². The van der Waals surface area contributed by atoms with Gasteiger partial charge in [0.25, 0.3) is 5.91 Å². The molecule has 6 nitrogen and oxygen atoms in total. The average Bonchev–Trinajstić information content (AvgIpc) is 2.36. The van der Waals surface area contributed by atoms with Crippen molar-refractivity contribution < 1.29 is 19.8 Å². The number of phenolic OH excluding ortho intramolecular Hbond substituents is 2. The maximum atomic E-state index is 12.3. The highest BCUT2D eigenvalue weighted by Crippen LogP contribution is 2.24. The number of likely N-dealkylation sites (tertiary alicyclic amines) is 1. The smallest absolute Gasteiger partial charge is 0.254 e.